The van der Waals surface area contributed by atoms with Crippen LogP contribution in [-0.4, -0.2) is 40.5 Å². The molecule has 20 heavy (non-hydrogen) atoms. The number of pyridine rings is 1. The van der Waals surface area contributed by atoms with Gasteiger partial charge in [-0.1, -0.05) is 6.92 Å². The number of piperidine rings is 1. The lowest BCUT2D eigenvalue weighted by Crippen LogP contribution is -2.59. The molecule has 1 saturated carbocycles. The van der Waals surface area contributed by atoms with Crippen molar-refractivity contribution in [1.29, 1.82) is 0 Å². The van der Waals surface area contributed by atoms with E-state index in [-0.39, 0.29) is 5.54 Å². The minimum atomic E-state index is 0.130. The number of hydrogen-bond donors (Lipinski definition) is 0. The molecule has 4 rings (SSSR count). The van der Waals surface area contributed by atoms with Gasteiger partial charge in [-0.15, -0.1) is 0 Å². The topological polar surface area (TPSA) is 36.4 Å². The van der Waals surface area contributed by atoms with Gasteiger partial charge in [0.25, 0.3) is 0 Å². The van der Waals surface area contributed by atoms with Crippen LogP contribution < -0.4 is 4.90 Å². The predicted octanol–water partition coefficient (Wildman–Crippen LogP) is 2.43. The van der Waals surface area contributed by atoms with Crippen molar-refractivity contribution in [3.05, 3.63) is 22.8 Å². The van der Waals surface area contributed by atoms with Gasteiger partial charge in [0.15, 0.2) is 0 Å². The standard InChI is InChI=1S/C15H18BrN3O/c1-2-14(20)19-12-5-10-6-15(10,19)9-18(8-12)13-4-3-11(16)7-17-13/h3-4,7,10,12H,2,5-6,8-9H2,1H3/t10-,12-,15?/m0/s1. The maximum atomic E-state index is 12.2. The van der Waals surface area contributed by atoms with E-state index in [1.54, 1.807) is 0 Å². The molecule has 0 N–H and O–H groups in total. The molecule has 1 aromatic rings. The van der Waals surface area contributed by atoms with Gasteiger partial charge < -0.3 is 9.80 Å². The molecule has 1 aromatic heterocycles. The van der Waals surface area contributed by atoms with Crippen LogP contribution in [0.3, 0.4) is 0 Å². The summed E-state index contributed by atoms with van der Waals surface area (Å²) in [6, 6.07) is 4.49. The van der Waals surface area contributed by atoms with E-state index in [0.717, 1.165) is 29.3 Å². The number of carbonyl (C=O) groups excluding carboxylic acids is 1. The maximum absolute atomic E-state index is 12.2. The Balaban J connectivity index is 1.61. The second-order valence-corrected chi connectivity index (χ2v) is 7.14. The lowest BCUT2D eigenvalue weighted by molar-refractivity contribution is -0.136. The number of hydrogen-bond acceptors (Lipinski definition) is 3. The second kappa shape index (κ2) is 4.20. The minimum Gasteiger partial charge on any atom is -0.352 e. The highest BCUT2D eigenvalue weighted by Gasteiger charge is 2.69. The van der Waals surface area contributed by atoms with Crippen molar-refractivity contribution >= 4 is 27.7 Å². The molecule has 106 valence electrons. The average molecular weight is 336 g/mol. The Kier molecular flexibility index (Phi) is 2.65. The Morgan fingerprint density at radius 1 is 1.55 bits per heavy atom. The molecule has 3 aliphatic rings. The van der Waals surface area contributed by atoms with Crippen LogP contribution in [0.15, 0.2) is 22.8 Å². The van der Waals surface area contributed by atoms with Gasteiger partial charge in [0.2, 0.25) is 5.91 Å². The normalized spacial score (nSPS) is 34.1. The highest BCUT2D eigenvalue weighted by Crippen LogP contribution is 2.60. The molecule has 1 unspecified atom stereocenters. The summed E-state index contributed by atoms with van der Waals surface area (Å²) in [6.07, 6.45) is 4.84. The van der Waals surface area contributed by atoms with Gasteiger partial charge in [-0.25, -0.2) is 4.98 Å². The molecule has 5 heteroatoms. The summed E-state index contributed by atoms with van der Waals surface area (Å²) in [7, 11) is 0. The number of aromatic nitrogens is 1. The number of carbonyl (C=O) groups is 1. The van der Waals surface area contributed by atoms with E-state index in [2.05, 4.69) is 36.8 Å². The van der Waals surface area contributed by atoms with Crippen LogP contribution in [0.1, 0.15) is 26.2 Å². The molecule has 1 aliphatic carbocycles. The van der Waals surface area contributed by atoms with Crippen LogP contribution in [-0.2, 0) is 4.79 Å². The third-order valence-corrected chi connectivity index (χ3v) is 5.57. The fraction of sp³-hybridized carbons (Fsp3) is 0.600. The molecule has 2 bridgehead atoms. The highest BCUT2D eigenvalue weighted by atomic mass is 79.9. The first kappa shape index (κ1) is 12.6. The summed E-state index contributed by atoms with van der Waals surface area (Å²) < 4.78 is 1.01. The predicted molar refractivity (Wildman–Crippen MR) is 80.5 cm³/mol. The molecule has 2 aliphatic heterocycles. The molecule has 0 aromatic carbocycles. The third kappa shape index (κ3) is 1.65. The molecule has 3 heterocycles. The molecule has 0 radical (unpaired) electrons. The zero-order valence-corrected chi connectivity index (χ0v) is 13.1. The lowest BCUT2D eigenvalue weighted by atomic mass is 10.1. The van der Waals surface area contributed by atoms with Crippen LogP contribution in [0, 0.1) is 5.92 Å². The Labute approximate surface area is 127 Å². The quantitative estimate of drug-likeness (QED) is 0.832. The molecule has 2 saturated heterocycles. The molecule has 1 amide bonds. The molecular formula is C15H18BrN3O. The SMILES string of the molecule is CCC(=O)N1[C@H]2C[C@H]3CC31CN(c1ccc(Br)cn1)C2. The number of halogens is 1. The summed E-state index contributed by atoms with van der Waals surface area (Å²) in [5.41, 5.74) is 0.130. The van der Waals surface area contributed by atoms with E-state index < -0.39 is 0 Å². The van der Waals surface area contributed by atoms with E-state index in [4.69, 9.17) is 0 Å². The summed E-state index contributed by atoms with van der Waals surface area (Å²) in [5.74, 6) is 2.09. The van der Waals surface area contributed by atoms with Crippen molar-refractivity contribution < 1.29 is 4.79 Å². The first-order chi connectivity index (χ1) is 9.64. The van der Waals surface area contributed by atoms with E-state index in [1.807, 2.05) is 19.2 Å². The number of fused-ring (bicyclic) bond motifs is 1. The minimum absolute atomic E-state index is 0.130. The molecule has 1 spiro atoms. The van der Waals surface area contributed by atoms with Gasteiger partial charge in [-0.05, 0) is 46.8 Å². The van der Waals surface area contributed by atoms with Crippen molar-refractivity contribution in [3.63, 3.8) is 0 Å². The zero-order chi connectivity index (χ0) is 13.9. The van der Waals surface area contributed by atoms with Crippen molar-refractivity contribution in [1.82, 2.24) is 9.88 Å². The van der Waals surface area contributed by atoms with Crippen LogP contribution >= 0.6 is 15.9 Å². The number of amides is 1. The zero-order valence-electron chi connectivity index (χ0n) is 11.6. The molecule has 3 fully saturated rings. The van der Waals surface area contributed by atoms with Crippen LogP contribution in [0.5, 0.6) is 0 Å². The monoisotopic (exact) mass is 335 g/mol. The fourth-order valence-electron chi connectivity index (χ4n) is 4.19. The van der Waals surface area contributed by atoms with Gasteiger partial charge in [-0.2, -0.15) is 0 Å². The first-order valence-corrected chi connectivity index (χ1v) is 8.12. The number of rotatable bonds is 2. The number of nitrogens with zero attached hydrogens (tertiary/aromatic N) is 3. The number of piperazine rings is 1. The Morgan fingerprint density at radius 2 is 2.40 bits per heavy atom. The van der Waals surface area contributed by atoms with E-state index in [0.29, 0.717) is 18.4 Å². The Morgan fingerprint density at radius 3 is 3.05 bits per heavy atom. The van der Waals surface area contributed by atoms with Gasteiger partial charge in [0.1, 0.15) is 5.82 Å². The highest BCUT2D eigenvalue weighted by molar-refractivity contribution is 9.10. The van der Waals surface area contributed by atoms with E-state index in [1.165, 1.54) is 12.8 Å². The smallest absolute Gasteiger partial charge is 0.223 e. The van der Waals surface area contributed by atoms with Gasteiger partial charge >= 0.3 is 0 Å². The van der Waals surface area contributed by atoms with Crippen molar-refractivity contribution in [2.24, 2.45) is 5.92 Å². The molecule has 3 atom stereocenters. The summed E-state index contributed by atoms with van der Waals surface area (Å²) in [5, 5.41) is 0. The van der Waals surface area contributed by atoms with Crippen molar-refractivity contribution in [3.8, 4) is 0 Å². The maximum Gasteiger partial charge on any atom is 0.223 e. The van der Waals surface area contributed by atoms with Crippen molar-refractivity contribution in [2.75, 3.05) is 18.0 Å². The van der Waals surface area contributed by atoms with Crippen LogP contribution in [0.2, 0.25) is 0 Å². The summed E-state index contributed by atoms with van der Waals surface area (Å²) in [6.45, 7) is 3.85. The van der Waals surface area contributed by atoms with E-state index in [9.17, 15) is 4.79 Å². The van der Waals surface area contributed by atoms with Gasteiger partial charge in [0.05, 0.1) is 11.6 Å². The van der Waals surface area contributed by atoms with Crippen molar-refractivity contribution in [2.45, 2.75) is 37.8 Å². The largest absolute Gasteiger partial charge is 0.352 e. The van der Waals surface area contributed by atoms with Gasteiger partial charge in [-0.3, -0.25) is 4.79 Å². The average Bonchev–Trinajstić information content (AvgIpc) is 3.05. The number of anilines is 1. The van der Waals surface area contributed by atoms with Crippen LogP contribution in [0.4, 0.5) is 5.82 Å². The summed E-state index contributed by atoms with van der Waals surface area (Å²) in [4.78, 5) is 21.3. The third-order valence-electron chi connectivity index (χ3n) is 5.10. The second-order valence-electron chi connectivity index (χ2n) is 6.23. The Bertz CT molecular complexity index is 561. The van der Waals surface area contributed by atoms with Gasteiger partial charge in [0, 0.05) is 30.2 Å². The first-order valence-electron chi connectivity index (χ1n) is 7.33. The summed E-state index contributed by atoms with van der Waals surface area (Å²) >= 11 is 3.43. The van der Waals surface area contributed by atoms with E-state index >= 15 is 0 Å². The van der Waals surface area contributed by atoms with Crippen LogP contribution in [0.25, 0.3) is 0 Å². The Hall–Kier alpha value is -1.10. The molecular weight excluding hydrogens is 318 g/mol. The lowest BCUT2D eigenvalue weighted by Gasteiger charge is -2.44. The fourth-order valence-corrected chi connectivity index (χ4v) is 4.42. The molecule has 4 nitrogen and oxygen atoms in total.